The number of rotatable bonds is 11. The van der Waals surface area contributed by atoms with Crippen molar-refractivity contribution in [3.63, 3.8) is 0 Å². The molecule has 6 rings (SSSR count). The molecule has 0 saturated carbocycles. The van der Waals surface area contributed by atoms with E-state index in [1.54, 1.807) is 6.20 Å². The Balaban J connectivity index is 1.52. The number of imidazole rings is 1. The van der Waals surface area contributed by atoms with Crippen LogP contribution in [-0.2, 0) is 18.4 Å². The number of pyridine rings is 1. The minimum absolute atomic E-state index is 0.0573. The lowest BCUT2D eigenvalue weighted by atomic mass is 9.76. The van der Waals surface area contributed by atoms with Gasteiger partial charge in [-0.25, -0.2) is 9.37 Å². The predicted octanol–water partition coefficient (Wildman–Crippen LogP) is 10.0. The minimum atomic E-state index is -1.24. The van der Waals surface area contributed by atoms with E-state index in [1.807, 2.05) is 60.7 Å². The van der Waals surface area contributed by atoms with Crippen molar-refractivity contribution in [3.8, 4) is 11.3 Å². The summed E-state index contributed by atoms with van der Waals surface area (Å²) in [7, 11) is 0. The summed E-state index contributed by atoms with van der Waals surface area (Å²) < 4.78 is 18.7. The Hall–Kier alpha value is -4.83. The fourth-order valence-electron chi connectivity index (χ4n) is 6.24. The fraction of sp³-hybridized carbons (Fsp3) is 0.220. The molecule has 45 heavy (non-hydrogen) atoms. The van der Waals surface area contributed by atoms with Gasteiger partial charge in [0.25, 0.3) is 0 Å². The molecule has 0 fully saturated rings. The highest BCUT2D eigenvalue weighted by Crippen LogP contribution is 2.43. The van der Waals surface area contributed by atoms with Crippen molar-refractivity contribution < 1.29 is 4.39 Å². The first kappa shape index (κ1) is 30.2. The summed E-state index contributed by atoms with van der Waals surface area (Å²) in [5.74, 6) is 0.717. The van der Waals surface area contributed by atoms with Crippen LogP contribution in [0.5, 0.6) is 0 Å². The van der Waals surface area contributed by atoms with Crippen molar-refractivity contribution in [2.45, 2.75) is 51.7 Å². The SMILES string of the molecule is CCC(C)(C)Cc1cn(C(c2ccccc2)(c2ccccc2)c2ccccc2)c(CC(F)c2ccc(-c3ccccn3)cc2)n1. The number of alkyl halides is 1. The molecule has 0 spiro atoms. The summed E-state index contributed by atoms with van der Waals surface area (Å²) >= 11 is 0. The lowest BCUT2D eigenvalue weighted by Gasteiger charge is -2.38. The van der Waals surface area contributed by atoms with Gasteiger partial charge in [-0.2, -0.15) is 0 Å². The molecule has 2 heterocycles. The van der Waals surface area contributed by atoms with Crippen LogP contribution in [0.3, 0.4) is 0 Å². The molecule has 0 amide bonds. The molecule has 2 aromatic heterocycles. The highest BCUT2D eigenvalue weighted by atomic mass is 19.1. The molecule has 0 saturated heterocycles. The predicted molar refractivity (Wildman–Crippen MR) is 182 cm³/mol. The Morgan fingerprint density at radius 1 is 0.689 bits per heavy atom. The maximum atomic E-state index is 16.5. The van der Waals surface area contributed by atoms with Crippen LogP contribution < -0.4 is 0 Å². The topological polar surface area (TPSA) is 30.7 Å². The van der Waals surface area contributed by atoms with E-state index in [4.69, 9.17) is 4.98 Å². The van der Waals surface area contributed by atoms with E-state index in [2.05, 4.69) is 109 Å². The summed E-state index contributed by atoms with van der Waals surface area (Å²) in [6.07, 6.45) is 4.67. The molecule has 0 aliphatic heterocycles. The fourth-order valence-corrected chi connectivity index (χ4v) is 6.24. The van der Waals surface area contributed by atoms with Crippen molar-refractivity contribution in [2.75, 3.05) is 0 Å². The Morgan fingerprint density at radius 2 is 1.22 bits per heavy atom. The third-order valence-electron chi connectivity index (χ3n) is 8.98. The number of hydrogen-bond acceptors (Lipinski definition) is 2. The molecule has 0 radical (unpaired) electrons. The number of aromatic nitrogens is 3. The van der Waals surface area contributed by atoms with Gasteiger partial charge in [0.2, 0.25) is 0 Å². The van der Waals surface area contributed by atoms with Gasteiger partial charge < -0.3 is 4.57 Å². The number of nitrogens with zero attached hydrogens (tertiary/aromatic N) is 3. The zero-order valence-electron chi connectivity index (χ0n) is 26.3. The standard InChI is InChI=1S/C41H40FN3/c1-4-40(2,3)29-36-30-45(39(44-36)28-37(42)31-23-25-32(26-24-31)38-22-14-15-27-43-38)41(33-16-8-5-9-17-33,34-18-10-6-11-19-34)35-20-12-7-13-21-35/h5-27,30,37H,4,28-29H2,1-3H3. The summed E-state index contributed by atoms with van der Waals surface area (Å²) in [6.45, 7) is 6.75. The van der Waals surface area contributed by atoms with E-state index in [1.165, 1.54) is 0 Å². The van der Waals surface area contributed by atoms with Crippen molar-refractivity contribution in [1.29, 1.82) is 0 Å². The van der Waals surface area contributed by atoms with Crippen LogP contribution in [0, 0.1) is 5.41 Å². The third kappa shape index (κ3) is 6.23. The van der Waals surface area contributed by atoms with E-state index in [-0.39, 0.29) is 11.8 Å². The second-order valence-corrected chi connectivity index (χ2v) is 12.5. The van der Waals surface area contributed by atoms with E-state index in [0.717, 1.165) is 52.3 Å². The molecule has 4 heteroatoms. The first-order valence-corrected chi connectivity index (χ1v) is 15.8. The largest absolute Gasteiger partial charge is 0.316 e. The summed E-state index contributed by atoms with van der Waals surface area (Å²) in [5.41, 5.74) is 6.02. The maximum Gasteiger partial charge on any atom is 0.132 e. The molecule has 1 unspecified atom stereocenters. The van der Waals surface area contributed by atoms with Crippen LogP contribution >= 0.6 is 0 Å². The quantitative estimate of drug-likeness (QED) is 0.140. The third-order valence-corrected chi connectivity index (χ3v) is 8.98. The first-order chi connectivity index (χ1) is 21.9. The van der Waals surface area contributed by atoms with E-state index in [0.29, 0.717) is 5.56 Å². The van der Waals surface area contributed by atoms with Gasteiger partial charge in [-0.3, -0.25) is 4.98 Å². The Labute approximate surface area is 266 Å². The monoisotopic (exact) mass is 593 g/mol. The zero-order valence-corrected chi connectivity index (χ0v) is 26.3. The second kappa shape index (κ2) is 13.0. The average Bonchev–Trinajstić information content (AvgIpc) is 3.48. The Morgan fingerprint density at radius 3 is 1.71 bits per heavy atom. The van der Waals surface area contributed by atoms with Crippen molar-refractivity contribution in [2.24, 2.45) is 5.41 Å². The molecule has 3 nitrogen and oxygen atoms in total. The van der Waals surface area contributed by atoms with Gasteiger partial charge in [0.15, 0.2) is 0 Å². The second-order valence-electron chi connectivity index (χ2n) is 12.5. The van der Waals surface area contributed by atoms with Crippen molar-refractivity contribution in [1.82, 2.24) is 14.5 Å². The van der Waals surface area contributed by atoms with Crippen molar-refractivity contribution in [3.05, 3.63) is 180 Å². The number of benzene rings is 4. The molecule has 6 aromatic rings. The van der Waals surface area contributed by atoms with Gasteiger partial charge in [-0.15, -0.1) is 0 Å². The molecule has 1 atom stereocenters. The lowest BCUT2D eigenvalue weighted by molar-refractivity contribution is 0.327. The number of hydrogen-bond donors (Lipinski definition) is 0. The van der Waals surface area contributed by atoms with Crippen LogP contribution in [0.25, 0.3) is 11.3 Å². The molecule has 4 aromatic carbocycles. The van der Waals surface area contributed by atoms with Crippen LogP contribution in [0.2, 0.25) is 0 Å². The lowest BCUT2D eigenvalue weighted by Crippen LogP contribution is -2.38. The van der Waals surface area contributed by atoms with Crippen LogP contribution in [0.1, 0.15) is 67.1 Å². The highest BCUT2D eigenvalue weighted by molar-refractivity contribution is 5.59. The van der Waals surface area contributed by atoms with Crippen LogP contribution in [0.15, 0.2) is 146 Å². The van der Waals surface area contributed by atoms with E-state index >= 15 is 4.39 Å². The van der Waals surface area contributed by atoms with E-state index < -0.39 is 11.7 Å². The smallest absolute Gasteiger partial charge is 0.132 e. The summed E-state index contributed by atoms with van der Waals surface area (Å²) in [6, 6.07) is 45.1. The maximum absolute atomic E-state index is 16.5. The van der Waals surface area contributed by atoms with Gasteiger partial charge >= 0.3 is 0 Å². The first-order valence-electron chi connectivity index (χ1n) is 15.8. The molecule has 0 aliphatic carbocycles. The van der Waals surface area contributed by atoms with Gasteiger partial charge in [0.05, 0.1) is 11.4 Å². The Kier molecular flexibility index (Phi) is 8.75. The average molecular weight is 594 g/mol. The van der Waals surface area contributed by atoms with Crippen molar-refractivity contribution >= 4 is 0 Å². The molecule has 0 aliphatic rings. The highest BCUT2D eigenvalue weighted by Gasteiger charge is 2.40. The van der Waals surface area contributed by atoms with Crippen LogP contribution in [-0.4, -0.2) is 14.5 Å². The molecule has 0 bridgehead atoms. The van der Waals surface area contributed by atoms with Gasteiger partial charge in [-0.05, 0) is 46.2 Å². The minimum Gasteiger partial charge on any atom is -0.316 e. The van der Waals surface area contributed by atoms with Gasteiger partial charge in [-0.1, -0.05) is 149 Å². The summed E-state index contributed by atoms with van der Waals surface area (Å²) in [5, 5.41) is 0. The van der Waals surface area contributed by atoms with Crippen LogP contribution in [0.4, 0.5) is 4.39 Å². The molecule has 226 valence electrons. The Bertz CT molecular complexity index is 1700. The molecule has 0 N–H and O–H groups in total. The normalized spacial score (nSPS) is 12.6. The van der Waals surface area contributed by atoms with Gasteiger partial charge in [0, 0.05) is 24.4 Å². The van der Waals surface area contributed by atoms with E-state index in [9.17, 15) is 0 Å². The molecular weight excluding hydrogens is 553 g/mol. The van der Waals surface area contributed by atoms with Gasteiger partial charge in [0.1, 0.15) is 17.5 Å². The number of halogens is 1. The zero-order chi connectivity index (χ0) is 31.3. The summed E-state index contributed by atoms with van der Waals surface area (Å²) in [4.78, 5) is 9.68. The molecular formula is C41H40FN3.